The van der Waals surface area contributed by atoms with Crippen LogP contribution in [0.3, 0.4) is 0 Å². The topological polar surface area (TPSA) is 98.1 Å². The van der Waals surface area contributed by atoms with E-state index >= 15 is 0 Å². The number of halogens is 3. The molecule has 31 heavy (non-hydrogen) atoms. The van der Waals surface area contributed by atoms with Gasteiger partial charge in [0.2, 0.25) is 5.75 Å². The highest BCUT2D eigenvalue weighted by molar-refractivity contribution is 5.80. The van der Waals surface area contributed by atoms with Crippen LogP contribution >= 0.6 is 0 Å². The lowest BCUT2D eigenvalue weighted by Crippen LogP contribution is -2.09. The molecule has 156 valence electrons. The summed E-state index contributed by atoms with van der Waals surface area (Å²) in [5, 5.41) is 11.7. The second-order valence-corrected chi connectivity index (χ2v) is 6.47. The highest BCUT2D eigenvalue weighted by Gasteiger charge is 2.33. The van der Waals surface area contributed by atoms with Crippen molar-refractivity contribution in [2.45, 2.75) is 6.18 Å². The zero-order chi connectivity index (χ0) is 22.2. The van der Waals surface area contributed by atoms with Gasteiger partial charge in [-0.05, 0) is 36.4 Å². The van der Waals surface area contributed by atoms with E-state index in [0.717, 1.165) is 6.07 Å². The Labute approximate surface area is 171 Å². The Kier molecular flexibility index (Phi) is 4.90. The molecule has 0 aliphatic rings. The SMILES string of the molecule is O=c1[nH]c(-c2ccccc2Oc2ccc(C(F)(F)F)cc2[N+](=O)[O-])nc2ccccc12. The normalized spacial score (nSPS) is 11.5. The molecule has 0 saturated carbocycles. The molecule has 1 aromatic heterocycles. The number of hydrogen-bond donors (Lipinski definition) is 1. The van der Waals surface area contributed by atoms with E-state index in [2.05, 4.69) is 9.97 Å². The van der Waals surface area contributed by atoms with E-state index in [-0.39, 0.29) is 17.3 Å². The highest BCUT2D eigenvalue weighted by Crippen LogP contribution is 2.39. The number of ether oxygens (including phenoxy) is 1. The lowest BCUT2D eigenvalue weighted by molar-refractivity contribution is -0.385. The Balaban J connectivity index is 1.81. The van der Waals surface area contributed by atoms with Crippen LogP contribution in [0.1, 0.15) is 5.56 Å². The first-order valence-corrected chi connectivity index (χ1v) is 8.86. The zero-order valence-electron chi connectivity index (χ0n) is 15.5. The van der Waals surface area contributed by atoms with Gasteiger partial charge in [0.05, 0.1) is 27.0 Å². The maximum atomic E-state index is 12.9. The molecule has 4 aromatic rings. The highest BCUT2D eigenvalue weighted by atomic mass is 19.4. The van der Waals surface area contributed by atoms with Gasteiger partial charge in [-0.25, -0.2) is 4.98 Å². The average Bonchev–Trinajstić information content (AvgIpc) is 2.73. The number of hydrogen-bond acceptors (Lipinski definition) is 5. The third-order valence-electron chi connectivity index (χ3n) is 4.46. The average molecular weight is 427 g/mol. The van der Waals surface area contributed by atoms with Gasteiger partial charge in [-0.2, -0.15) is 13.2 Å². The molecule has 0 fully saturated rings. The van der Waals surface area contributed by atoms with Gasteiger partial charge in [-0.3, -0.25) is 14.9 Å². The summed E-state index contributed by atoms with van der Waals surface area (Å²) in [5.41, 5.74) is -1.67. The number of nitro benzene ring substituents is 1. The summed E-state index contributed by atoms with van der Waals surface area (Å²) in [6.07, 6.45) is -4.74. The van der Waals surface area contributed by atoms with E-state index in [4.69, 9.17) is 4.74 Å². The van der Waals surface area contributed by atoms with Gasteiger partial charge < -0.3 is 9.72 Å². The molecule has 7 nitrogen and oxygen atoms in total. The van der Waals surface area contributed by atoms with Crippen LogP contribution in [0.25, 0.3) is 22.3 Å². The van der Waals surface area contributed by atoms with Crippen LogP contribution < -0.4 is 10.3 Å². The van der Waals surface area contributed by atoms with Crippen LogP contribution in [0, 0.1) is 10.1 Å². The van der Waals surface area contributed by atoms with Gasteiger partial charge in [0.25, 0.3) is 5.56 Å². The first-order valence-electron chi connectivity index (χ1n) is 8.86. The van der Waals surface area contributed by atoms with Gasteiger partial charge in [0.1, 0.15) is 11.6 Å². The number of benzene rings is 3. The number of aromatic nitrogens is 2. The molecule has 0 aliphatic heterocycles. The van der Waals surface area contributed by atoms with Crippen molar-refractivity contribution in [2.75, 3.05) is 0 Å². The molecule has 0 atom stereocenters. The van der Waals surface area contributed by atoms with Crippen LogP contribution in [0.5, 0.6) is 11.5 Å². The van der Waals surface area contributed by atoms with Gasteiger partial charge >= 0.3 is 11.9 Å². The maximum Gasteiger partial charge on any atom is 0.416 e. The summed E-state index contributed by atoms with van der Waals surface area (Å²) in [5.74, 6) is -0.161. The summed E-state index contributed by atoms with van der Waals surface area (Å²) in [6, 6.07) is 14.9. The zero-order valence-corrected chi connectivity index (χ0v) is 15.5. The largest absolute Gasteiger partial charge is 0.449 e. The Morgan fingerprint density at radius 2 is 1.68 bits per heavy atom. The van der Waals surface area contributed by atoms with Crippen LogP contribution in [0.2, 0.25) is 0 Å². The summed E-state index contributed by atoms with van der Waals surface area (Å²) in [7, 11) is 0. The second kappa shape index (κ2) is 7.56. The number of aromatic amines is 1. The molecule has 0 aliphatic carbocycles. The number of alkyl halides is 3. The molecule has 0 spiro atoms. The Morgan fingerprint density at radius 1 is 0.968 bits per heavy atom. The van der Waals surface area contributed by atoms with E-state index < -0.39 is 27.9 Å². The lowest BCUT2D eigenvalue weighted by atomic mass is 10.1. The summed E-state index contributed by atoms with van der Waals surface area (Å²) >= 11 is 0. The number of fused-ring (bicyclic) bond motifs is 1. The first kappa shape index (κ1) is 20.1. The quantitative estimate of drug-likeness (QED) is 0.352. The third-order valence-corrected chi connectivity index (χ3v) is 4.46. The smallest absolute Gasteiger partial charge is 0.416 e. The Hall–Kier alpha value is -4.21. The second-order valence-electron chi connectivity index (χ2n) is 6.47. The van der Waals surface area contributed by atoms with Crippen molar-refractivity contribution in [3.8, 4) is 22.9 Å². The molecule has 3 aromatic carbocycles. The predicted molar refractivity (Wildman–Crippen MR) is 106 cm³/mol. The van der Waals surface area contributed by atoms with Crippen molar-refractivity contribution in [3.05, 3.63) is 92.8 Å². The van der Waals surface area contributed by atoms with Gasteiger partial charge in [0, 0.05) is 6.07 Å². The minimum atomic E-state index is -4.74. The number of nitrogens with zero attached hydrogens (tertiary/aromatic N) is 2. The summed E-state index contributed by atoms with van der Waals surface area (Å²) < 4.78 is 44.4. The molecule has 0 bridgehead atoms. The molecule has 0 radical (unpaired) electrons. The van der Waals surface area contributed by atoms with Crippen LogP contribution in [-0.4, -0.2) is 14.9 Å². The molecule has 0 saturated heterocycles. The summed E-state index contributed by atoms with van der Waals surface area (Å²) in [6.45, 7) is 0. The van der Waals surface area contributed by atoms with Crippen molar-refractivity contribution < 1.29 is 22.8 Å². The van der Waals surface area contributed by atoms with Crippen molar-refractivity contribution in [2.24, 2.45) is 0 Å². The predicted octanol–water partition coefficient (Wildman–Crippen LogP) is 5.31. The standard InChI is InChI=1S/C21H12F3N3O4/c22-21(23,24)12-9-10-18(16(11-12)27(29)30)31-17-8-4-2-6-14(17)19-25-15-7-3-1-5-13(15)20(28)26-19/h1-11H,(H,25,26,28). The molecule has 1 heterocycles. The van der Waals surface area contributed by atoms with E-state index in [1.54, 1.807) is 42.5 Å². The van der Waals surface area contributed by atoms with Crippen LogP contribution in [0.15, 0.2) is 71.5 Å². The lowest BCUT2D eigenvalue weighted by Gasteiger charge is -2.13. The molecule has 0 unspecified atom stereocenters. The minimum absolute atomic E-state index is 0.0730. The van der Waals surface area contributed by atoms with E-state index in [1.165, 1.54) is 6.07 Å². The minimum Gasteiger partial charge on any atom is -0.449 e. The molecular formula is C21H12F3N3O4. The fourth-order valence-electron chi connectivity index (χ4n) is 3.01. The number of H-pyrrole nitrogens is 1. The Bertz CT molecular complexity index is 1370. The molecule has 0 amide bonds. The fourth-order valence-corrected chi connectivity index (χ4v) is 3.01. The molecule has 1 N–H and O–H groups in total. The number of rotatable bonds is 4. The van der Waals surface area contributed by atoms with E-state index in [9.17, 15) is 28.1 Å². The van der Waals surface area contributed by atoms with Gasteiger partial charge in [-0.15, -0.1) is 0 Å². The molecule has 4 rings (SSSR count). The van der Waals surface area contributed by atoms with Crippen molar-refractivity contribution in [3.63, 3.8) is 0 Å². The number of para-hydroxylation sites is 2. The fraction of sp³-hybridized carbons (Fsp3) is 0.0476. The van der Waals surface area contributed by atoms with Crippen LogP contribution in [0.4, 0.5) is 18.9 Å². The molecular weight excluding hydrogens is 415 g/mol. The van der Waals surface area contributed by atoms with Gasteiger partial charge in [0.15, 0.2) is 0 Å². The number of nitro groups is 1. The maximum absolute atomic E-state index is 12.9. The Morgan fingerprint density at radius 3 is 2.42 bits per heavy atom. The third kappa shape index (κ3) is 3.95. The van der Waals surface area contributed by atoms with E-state index in [0.29, 0.717) is 28.6 Å². The van der Waals surface area contributed by atoms with E-state index in [1.807, 2.05) is 0 Å². The number of nitrogens with one attached hydrogen (secondary N) is 1. The first-order chi connectivity index (χ1) is 14.7. The van der Waals surface area contributed by atoms with Gasteiger partial charge in [-0.1, -0.05) is 24.3 Å². The van der Waals surface area contributed by atoms with Crippen LogP contribution in [-0.2, 0) is 6.18 Å². The monoisotopic (exact) mass is 427 g/mol. The van der Waals surface area contributed by atoms with Crippen molar-refractivity contribution in [1.29, 1.82) is 0 Å². The van der Waals surface area contributed by atoms with Crippen molar-refractivity contribution in [1.82, 2.24) is 9.97 Å². The van der Waals surface area contributed by atoms with Crippen molar-refractivity contribution >= 4 is 16.6 Å². The summed E-state index contributed by atoms with van der Waals surface area (Å²) in [4.78, 5) is 29.8. The molecule has 10 heteroatoms.